The van der Waals surface area contributed by atoms with Crippen molar-refractivity contribution in [2.24, 2.45) is 7.05 Å². The SMILES string of the molecule is CCc1cc(CNC2CCN(C)C2=O)n(C)n1. The van der Waals surface area contributed by atoms with Crippen molar-refractivity contribution < 1.29 is 4.79 Å². The first-order valence-electron chi connectivity index (χ1n) is 6.12. The Morgan fingerprint density at radius 3 is 2.82 bits per heavy atom. The van der Waals surface area contributed by atoms with Gasteiger partial charge in [0.05, 0.1) is 17.4 Å². The van der Waals surface area contributed by atoms with Gasteiger partial charge in [-0.05, 0) is 18.9 Å². The lowest BCUT2D eigenvalue weighted by Gasteiger charge is -2.11. The first-order valence-corrected chi connectivity index (χ1v) is 6.12. The monoisotopic (exact) mass is 236 g/mol. The van der Waals surface area contributed by atoms with E-state index in [2.05, 4.69) is 23.4 Å². The molecule has 0 saturated carbocycles. The van der Waals surface area contributed by atoms with Crippen LogP contribution in [0.15, 0.2) is 6.07 Å². The largest absolute Gasteiger partial charge is 0.344 e. The van der Waals surface area contributed by atoms with Crippen LogP contribution >= 0.6 is 0 Å². The molecule has 0 radical (unpaired) electrons. The van der Waals surface area contributed by atoms with Gasteiger partial charge in [0.2, 0.25) is 5.91 Å². The second kappa shape index (κ2) is 4.87. The summed E-state index contributed by atoms with van der Waals surface area (Å²) < 4.78 is 1.88. The van der Waals surface area contributed by atoms with Crippen molar-refractivity contribution >= 4 is 5.91 Å². The molecule has 1 unspecified atom stereocenters. The number of hydrogen-bond donors (Lipinski definition) is 1. The minimum Gasteiger partial charge on any atom is -0.344 e. The molecule has 17 heavy (non-hydrogen) atoms. The van der Waals surface area contributed by atoms with Gasteiger partial charge in [-0.1, -0.05) is 6.92 Å². The van der Waals surface area contributed by atoms with Crippen molar-refractivity contribution in [1.29, 1.82) is 0 Å². The minimum atomic E-state index is -0.0278. The summed E-state index contributed by atoms with van der Waals surface area (Å²) in [5, 5.41) is 7.69. The molecular formula is C12H20N4O. The quantitative estimate of drug-likeness (QED) is 0.818. The molecule has 0 spiro atoms. The predicted molar refractivity (Wildman–Crippen MR) is 65.5 cm³/mol. The lowest BCUT2D eigenvalue weighted by molar-refractivity contribution is -0.128. The van der Waals surface area contributed by atoms with E-state index < -0.39 is 0 Å². The van der Waals surface area contributed by atoms with Crippen LogP contribution in [0.1, 0.15) is 24.7 Å². The van der Waals surface area contributed by atoms with Crippen molar-refractivity contribution in [2.75, 3.05) is 13.6 Å². The zero-order valence-corrected chi connectivity index (χ0v) is 10.7. The molecule has 1 atom stereocenters. The Kier molecular flexibility index (Phi) is 3.47. The van der Waals surface area contributed by atoms with Crippen molar-refractivity contribution in [3.05, 3.63) is 17.5 Å². The lowest BCUT2D eigenvalue weighted by Crippen LogP contribution is -2.36. The van der Waals surface area contributed by atoms with E-state index in [9.17, 15) is 4.79 Å². The molecule has 1 amide bonds. The van der Waals surface area contributed by atoms with Crippen LogP contribution in [0, 0.1) is 0 Å². The van der Waals surface area contributed by atoms with Crippen LogP contribution in [0.5, 0.6) is 0 Å². The van der Waals surface area contributed by atoms with Gasteiger partial charge in [-0.3, -0.25) is 9.48 Å². The molecule has 0 bridgehead atoms. The summed E-state index contributed by atoms with van der Waals surface area (Å²) in [6, 6.07) is 2.07. The number of rotatable bonds is 4. The molecule has 1 fully saturated rings. The zero-order chi connectivity index (χ0) is 12.4. The average Bonchev–Trinajstić information content (AvgIpc) is 2.82. The summed E-state index contributed by atoms with van der Waals surface area (Å²) in [7, 11) is 3.79. The van der Waals surface area contributed by atoms with Crippen LogP contribution in [0.4, 0.5) is 0 Å². The molecule has 5 heteroatoms. The van der Waals surface area contributed by atoms with E-state index >= 15 is 0 Å². The molecule has 5 nitrogen and oxygen atoms in total. The number of aromatic nitrogens is 2. The topological polar surface area (TPSA) is 50.2 Å². The molecule has 94 valence electrons. The Morgan fingerprint density at radius 2 is 2.29 bits per heavy atom. The van der Waals surface area contributed by atoms with Gasteiger partial charge in [-0.2, -0.15) is 5.10 Å². The van der Waals surface area contributed by atoms with Crippen molar-refractivity contribution in [3.8, 4) is 0 Å². The molecule has 2 rings (SSSR count). The fraction of sp³-hybridized carbons (Fsp3) is 0.667. The van der Waals surface area contributed by atoms with Gasteiger partial charge in [-0.15, -0.1) is 0 Å². The summed E-state index contributed by atoms with van der Waals surface area (Å²) in [6.45, 7) is 3.64. The molecule has 1 aliphatic heterocycles. The van der Waals surface area contributed by atoms with E-state index in [1.54, 1.807) is 4.90 Å². The maximum absolute atomic E-state index is 11.7. The number of amides is 1. The predicted octanol–water partition coefficient (Wildman–Crippen LogP) is 0.303. The number of carbonyl (C=O) groups is 1. The van der Waals surface area contributed by atoms with Crippen LogP contribution in [0.2, 0.25) is 0 Å². The van der Waals surface area contributed by atoms with Crippen LogP contribution in [0.3, 0.4) is 0 Å². The van der Waals surface area contributed by atoms with E-state index in [1.807, 2.05) is 18.8 Å². The number of likely N-dealkylation sites (tertiary alicyclic amines) is 1. The van der Waals surface area contributed by atoms with E-state index in [0.29, 0.717) is 6.54 Å². The standard InChI is InChI=1S/C12H20N4O/c1-4-9-7-10(16(3)14-9)8-13-11-5-6-15(2)12(11)17/h7,11,13H,4-6,8H2,1-3H3. The van der Waals surface area contributed by atoms with E-state index in [4.69, 9.17) is 0 Å². The Morgan fingerprint density at radius 1 is 1.53 bits per heavy atom. The minimum absolute atomic E-state index is 0.0278. The first-order chi connectivity index (χ1) is 8.11. The van der Waals surface area contributed by atoms with Crippen molar-refractivity contribution in [2.45, 2.75) is 32.4 Å². The Labute approximate surface area is 102 Å². The summed E-state index contributed by atoms with van der Waals surface area (Å²) in [5.74, 6) is 0.197. The number of likely N-dealkylation sites (N-methyl/N-ethyl adjacent to an activating group) is 1. The van der Waals surface area contributed by atoms with Crippen molar-refractivity contribution in [3.63, 3.8) is 0 Å². The normalized spacial score (nSPS) is 20.3. The summed E-state index contributed by atoms with van der Waals surface area (Å²) in [5.41, 5.74) is 2.23. The highest BCUT2D eigenvalue weighted by Gasteiger charge is 2.28. The van der Waals surface area contributed by atoms with Crippen molar-refractivity contribution in [1.82, 2.24) is 20.0 Å². The van der Waals surface area contributed by atoms with Gasteiger partial charge in [0.25, 0.3) is 0 Å². The third kappa shape index (κ3) is 2.49. The molecule has 1 N–H and O–H groups in total. The third-order valence-corrected chi connectivity index (χ3v) is 3.35. The summed E-state index contributed by atoms with van der Waals surface area (Å²) >= 11 is 0. The Hall–Kier alpha value is -1.36. The van der Waals surface area contributed by atoms with Gasteiger partial charge in [0.15, 0.2) is 0 Å². The first kappa shape index (κ1) is 12.1. The molecule has 0 aliphatic carbocycles. The zero-order valence-electron chi connectivity index (χ0n) is 10.7. The molecular weight excluding hydrogens is 216 g/mol. The van der Waals surface area contributed by atoms with Crippen LogP contribution in [-0.2, 0) is 24.8 Å². The van der Waals surface area contributed by atoms with Gasteiger partial charge in [-0.25, -0.2) is 0 Å². The second-order valence-corrected chi connectivity index (χ2v) is 4.59. The van der Waals surface area contributed by atoms with Crippen LogP contribution < -0.4 is 5.32 Å². The Bertz CT molecular complexity index is 413. The third-order valence-electron chi connectivity index (χ3n) is 3.35. The van der Waals surface area contributed by atoms with Gasteiger partial charge < -0.3 is 10.2 Å². The molecule has 1 aromatic rings. The summed E-state index contributed by atoms with van der Waals surface area (Å²) in [6.07, 6.45) is 1.84. The van der Waals surface area contributed by atoms with Crippen LogP contribution in [0.25, 0.3) is 0 Å². The molecule has 2 heterocycles. The molecule has 1 saturated heterocycles. The van der Waals surface area contributed by atoms with E-state index in [0.717, 1.165) is 30.8 Å². The highest BCUT2D eigenvalue weighted by atomic mass is 16.2. The maximum atomic E-state index is 11.7. The average molecular weight is 236 g/mol. The number of nitrogens with one attached hydrogen (secondary N) is 1. The lowest BCUT2D eigenvalue weighted by atomic mass is 10.2. The molecule has 1 aliphatic rings. The molecule has 0 aromatic carbocycles. The second-order valence-electron chi connectivity index (χ2n) is 4.59. The molecule has 1 aromatic heterocycles. The van der Waals surface area contributed by atoms with Gasteiger partial charge >= 0.3 is 0 Å². The maximum Gasteiger partial charge on any atom is 0.239 e. The smallest absolute Gasteiger partial charge is 0.239 e. The highest BCUT2D eigenvalue weighted by Crippen LogP contribution is 2.10. The van der Waals surface area contributed by atoms with Gasteiger partial charge in [0.1, 0.15) is 0 Å². The number of hydrogen-bond acceptors (Lipinski definition) is 3. The highest BCUT2D eigenvalue weighted by molar-refractivity contribution is 5.83. The van der Waals surface area contributed by atoms with Gasteiger partial charge in [0, 0.05) is 27.2 Å². The van der Waals surface area contributed by atoms with E-state index in [1.165, 1.54) is 0 Å². The number of carbonyl (C=O) groups excluding carboxylic acids is 1. The summed E-state index contributed by atoms with van der Waals surface area (Å²) in [4.78, 5) is 13.5. The fourth-order valence-electron chi connectivity index (χ4n) is 2.15. The number of aryl methyl sites for hydroxylation is 2. The van der Waals surface area contributed by atoms with Crippen LogP contribution in [-0.4, -0.2) is 40.2 Å². The van der Waals surface area contributed by atoms with E-state index in [-0.39, 0.29) is 11.9 Å². The fourth-order valence-corrected chi connectivity index (χ4v) is 2.15. The Balaban J connectivity index is 1.93. The number of nitrogens with zero attached hydrogens (tertiary/aromatic N) is 3.